The highest BCUT2D eigenvalue weighted by Gasteiger charge is 2.24. The quantitative estimate of drug-likeness (QED) is 0.431. The van der Waals surface area contributed by atoms with E-state index in [4.69, 9.17) is 0 Å². The summed E-state index contributed by atoms with van der Waals surface area (Å²) in [6, 6.07) is 14.5. The fraction of sp³-hybridized carbons (Fsp3) is 0.296. The molecule has 8 heteroatoms. The fourth-order valence-electron chi connectivity index (χ4n) is 4.66. The van der Waals surface area contributed by atoms with E-state index in [0.29, 0.717) is 43.9 Å². The van der Waals surface area contributed by atoms with E-state index >= 15 is 0 Å². The number of benzene rings is 2. The molecule has 2 aromatic heterocycles. The average Bonchev–Trinajstić information content (AvgIpc) is 3.18. The van der Waals surface area contributed by atoms with E-state index in [2.05, 4.69) is 41.3 Å². The number of aryl methyl sites for hydroxylation is 2. The molecule has 0 saturated carbocycles. The molecule has 5 rings (SSSR count). The zero-order valence-corrected chi connectivity index (χ0v) is 19.8. The number of pyridine rings is 1. The highest BCUT2D eigenvalue weighted by atomic mass is 19.2. The zero-order valence-electron chi connectivity index (χ0n) is 19.8. The molecule has 2 aromatic carbocycles. The van der Waals surface area contributed by atoms with Gasteiger partial charge in [0.25, 0.3) is 0 Å². The van der Waals surface area contributed by atoms with Crippen molar-refractivity contribution < 1.29 is 13.6 Å². The summed E-state index contributed by atoms with van der Waals surface area (Å²) in [5.41, 5.74) is 5.18. The van der Waals surface area contributed by atoms with Gasteiger partial charge in [-0.05, 0) is 37.1 Å². The van der Waals surface area contributed by atoms with Crippen molar-refractivity contribution in [3.8, 4) is 11.1 Å². The van der Waals surface area contributed by atoms with Gasteiger partial charge in [-0.2, -0.15) is 5.10 Å². The molecule has 0 atom stereocenters. The molecule has 0 N–H and O–H groups in total. The number of hydrogen-bond donors (Lipinski definition) is 0. The van der Waals surface area contributed by atoms with E-state index in [9.17, 15) is 13.6 Å². The number of carbonyl (C=O) groups is 1. The zero-order chi connectivity index (χ0) is 24.5. The summed E-state index contributed by atoms with van der Waals surface area (Å²) >= 11 is 0. The number of hydrogen-bond acceptors (Lipinski definition) is 4. The van der Waals surface area contributed by atoms with Gasteiger partial charge in [0.05, 0.1) is 5.69 Å². The average molecular weight is 476 g/mol. The van der Waals surface area contributed by atoms with Crippen molar-refractivity contribution >= 4 is 16.9 Å². The van der Waals surface area contributed by atoms with Crippen LogP contribution in [0.4, 0.5) is 8.78 Å². The fourth-order valence-corrected chi connectivity index (χ4v) is 4.66. The van der Waals surface area contributed by atoms with Crippen molar-refractivity contribution in [1.82, 2.24) is 24.6 Å². The van der Waals surface area contributed by atoms with Crippen LogP contribution in [0.25, 0.3) is 22.2 Å². The van der Waals surface area contributed by atoms with Gasteiger partial charge in [0, 0.05) is 49.9 Å². The summed E-state index contributed by atoms with van der Waals surface area (Å²) in [6.07, 6.45) is 1.75. The number of piperazine rings is 1. The predicted octanol–water partition coefficient (Wildman–Crippen LogP) is 4.34. The summed E-state index contributed by atoms with van der Waals surface area (Å²) in [4.78, 5) is 21.4. The van der Waals surface area contributed by atoms with Gasteiger partial charge in [0.15, 0.2) is 17.3 Å². The Bertz CT molecular complexity index is 1370. The molecule has 3 heterocycles. The lowest BCUT2D eigenvalue weighted by Crippen LogP contribution is -2.49. The Kier molecular flexibility index (Phi) is 6.30. The number of nitrogens with zero attached hydrogens (tertiary/aromatic N) is 5. The van der Waals surface area contributed by atoms with Gasteiger partial charge >= 0.3 is 0 Å². The lowest BCUT2D eigenvalue weighted by molar-refractivity contribution is -0.133. The molecule has 1 saturated heterocycles. The van der Waals surface area contributed by atoms with Crippen LogP contribution in [-0.2, 0) is 17.9 Å². The third-order valence-electron chi connectivity index (χ3n) is 6.61. The first-order chi connectivity index (χ1) is 16.9. The van der Waals surface area contributed by atoms with Crippen molar-refractivity contribution in [2.45, 2.75) is 26.9 Å². The molecule has 0 aliphatic carbocycles. The Hall–Kier alpha value is -3.65. The smallest absolute Gasteiger partial charge is 0.244 e. The maximum atomic E-state index is 14.0. The van der Waals surface area contributed by atoms with Gasteiger partial charge in [-0.15, -0.1) is 0 Å². The van der Waals surface area contributed by atoms with Gasteiger partial charge in [0.2, 0.25) is 5.91 Å². The van der Waals surface area contributed by atoms with E-state index in [1.165, 1.54) is 11.6 Å². The number of halogens is 2. The Morgan fingerprint density at radius 2 is 1.71 bits per heavy atom. The topological polar surface area (TPSA) is 54.3 Å². The van der Waals surface area contributed by atoms with Crippen LogP contribution in [0.15, 0.2) is 54.7 Å². The van der Waals surface area contributed by atoms with Crippen LogP contribution in [0.2, 0.25) is 0 Å². The van der Waals surface area contributed by atoms with Crippen molar-refractivity contribution in [3.63, 3.8) is 0 Å². The van der Waals surface area contributed by atoms with Crippen LogP contribution < -0.4 is 0 Å². The lowest BCUT2D eigenvalue weighted by atomic mass is 10.0. The third kappa shape index (κ3) is 4.66. The molecule has 0 bridgehead atoms. The van der Waals surface area contributed by atoms with Gasteiger partial charge in [0.1, 0.15) is 6.54 Å². The first-order valence-corrected chi connectivity index (χ1v) is 11.7. The Morgan fingerprint density at radius 1 is 0.971 bits per heavy atom. The van der Waals surface area contributed by atoms with Crippen LogP contribution in [0.1, 0.15) is 16.8 Å². The molecule has 0 unspecified atom stereocenters. The molecule has 1 amide bonds. The minimum Gasteiger partial charge on any atom is -0.339 e. The minimum atomic E-state index is -0.836. The van der Waals surface area contributed by atoms with Gasteiger partial charge < -0.3 is 4.90 Å². The second-order valence-electron chi connectivity index (χ2n) is 9.04. The molecule has 0 spiro atoms. The highest BCUT2D eigenvalue weighted by molar-refractivity contribution is 5.95. The van der Waals surface area contributed by atoms with E-state index in [-0.39, 0.29) is 12.5 Å². The number of carbonyl (C=O) groups excluding carboxylic acids is 1. The molecule has 1 fully saturated rings. The summed E-state index contributed by atoms with van der Waals surface area (Å²) in [5.74, 6) is -1.67. The summed E-state index contributed by atoms with van der Waals surface area (Å²) < 4.78 is 29.2. The molecule has 35 heavy (non-hydrogen) atoms. The van der Waals surface area contributed by atoms with Gasteiger partial charge in [-0.25, -0.2) is 18.4 Å². The van der Waals surface area contributed by atoms with Gasteiger partial charge in [-0.3, -0.25) is 9.69 Å². The molecule has 1 aliphatic heterocycles. The van der Waals surface area contributed by atoms with Crippen molar-refractivity contribution in [3.05, 3.63) is 83.2 Å². The van der Waals surface area contributed by atoms with E-state index in [0.717, 1.165) is 28.3 Å². The van der Waals surface area contributed by atoms with Crippen LogP contribution in [0.3, 0.4) is 0 Å². The molecular weight excluding hydrogens is 448 g/mol. The number of rotatable bonds is 5. The molecule has 180 valence electrons. The molecular formula is C27H27F2N5O. The maximum Gasteiger partial charge on any atom is 0.244 e. The lowest BCUT2D eigenvalue weighted by Gasteiger charge is -2.34. The monoisotopic (exact) mass is 475 g/mol. The van der Waals surface area contributed by atoms with Crippen LogP contribution in [-0.4, -0.2) is 56.7 Å². The molecule has 4 aromatic rings. The maximum absolute atomic E-state index is 14.0. The van der Waals surface area contributed by atoms with Crippen LogP contribution >= 0.6 is 0 Å². The second-order valence-corrected chi connectivity index (χ2v) is 9.04. The summed E-state index contributed by atoms with van der Waals surface area (Å²) in [7, 11) is 0. The van der Waals surface area contributed by atoms with Crippen LogP contribution in [0.5, 0.6) is 0 Å². The van der Waals surface area contributed by atoms with Crippen LogP contribution in [0, 0.1) is 25.5 Å². The Balaban J connectivity index is 1.28. The number of amides is 1. The van der Waals surface area contributed by atoms with Gasteiger partial charge in [-0.1, -0.05) is 42.0 Å². The number of fused-ring (bicyclic) bond motifs is 1. The second kappa shape index (κ2) is 9.54. The first-order valence-electron chi connectivity index (χ1n) is 11.7. The van der Waals surface area contributed by atoms with Crippen molar-refractivity contribution in [1.29, 1.82) is 0 Å². The normalized spacial score (nSPS) is 14.6. The molecule has 0 radical (unpaired) electrons. The molecule has 6 nitrogen and oxygen atoms in total. The van der Waals surface area contributed by atoms with E-state index in [1.54, 1.807) is 21.8 Å². The van der Waals surface area contributed by atoms with Crippen molar-refractivity contribution in [2.75, 3.05) is 26.2 Å². The highest BCUT2D eigenvalue weighted by Crippen LogP contribution is 2.30. The standard InChI is InChI=1S/C27H27F2N5O/c1-18-6-8-20(9-7-18)22-10-11-30-27-25(22)19(2)31-34(27)17-24(35)33-14-12-32(13-15-33)16-21-4-3-5-23(28)26(21)29/h3-11H,12-17H2,1-2H3. The first kappa shape index (κ1) is 23.1. The summed E-state index contributed by atoms with van der Waals surface area (Å²) in [5, 5.41) is 5.59. The number of aromatic nitrogens is 3. The summed E-state index contributed by atoms with van der Waals surface area (Å²) in [6.45, 7) is 6.65. The largest absolute Gasteiger partial charge is 0.339 e. The molecule has 1 aliphatic rings. The third-order valence-corrected chi connectivity index (χ3v) is 6.61. The predicted molar refractivity (Wildman–Crippen MR) is 131 cm³/mol. The van der Waals surface area contributed by atoms with Crippen molar-refractivity contribution in [2.24, 2.45) is 0 Å². The Morgan fingerprint density at radius 3 is 2.46 bits per heavy atom. The van der Waals surface area contributed by atoms with E-state index < -0.39 is 11.6 Å². The minimum absolute atomic E-state index is 0.0338. The SMILES string of the molecule is Cc1ccc(-c2ccnc3c2c(C)nn3CC(=O)N2CCN(Cc3cccc(F)c3F)CC2)cc1. The Labute approximate surface area is 202 Å². The van der Waals surface area contributed by atoms with E-state index in [1.807, 2.05) is 17.9 Å².